The Balaban J connectivity index is 1.66. The number of ether oxygens (including phenoxy) is 2. The Morgan fingerprint density at radius 3 is 2.71 bits per heavy atom. The van der Waals surface area contributed by atoms with E-state index in [4.69, 9.17) is 25.5 Å². The lowest BCUT2D eigenvalue weighted by atomic mass is 10.0. The van der Waals surface area contributed by atoms with E-state index in [2.05, 4.69) is 0 Å². The Bertz CT molecular complexity index is 824. The van der Waals surface area contributed by atoms with E-state index in [0.717, 1.165) is 5.39 Å². The summed E-state index contributed by atoms with van der Waals surface area (Å²) in [6.07, 6.45) is 0.937. The van der Waals surface area contributed by atoms with Crippen molar-refractivity contribution in [3.8, 4) is 0 Å². The number of halogens is 1. The predicted molar refractivity (Wildman–Crippen MR) is 84.5 cm³/mol. The molecule has 0 spiro atoms. The largest absolute Gasteiger partial charge is 0.463 e. The number of ketones is 1. The van der Waals surface area contributed by atoms with Gasteiger partial charge in [-0.05, 0) is 24.6 Å². The van der Waals surface area contributed by atoms with Crippen LogP contribution in [0.4, 0.5) is 0 Å². The Morgan fingerprint density at radius 1 is 1.25 bits per heavy atom. The highest BCUT2D eigenvalue weighted by molar-refractivity contribution is 6.35. The summed E-state index contributed by atoms with van der Waals surface area (Å²) in [4.78, 5) is 35.3. The van der Waals surface area contributed by atoms with Gasteiger partial charge in [0.1, 0.15) is 0 Å². The van der Waals surface area contributed by atoms with Crippen LogP contribution < -0.4 is 0 Å². The van der Waals surface area contributed by atoms with Crippen LogP contribution >= 0.6 is 11.6 Å². The van der Waals surface area contributed by atoms with Crippen LogP contribution in [-0.4, -0.2) is 24.0 Å². The van der Waals surface area contributed by atoms with Crippen molar-refractivity contribution in [2.75, 3.05) is 0 Å². The van der Waals surface area contributed by atoms with Crippen LogP contribution in [0.3, 0.4) is 0 Å². The van der Waals surface area contributed by atoms with E-state index in [1.807, 2.05) is 0 Å². The SMILES string of the molecule is CC(=O)OC(C)OC(=O)[C@H]1C[C@@H]1C(=O)c1cc(Cl)c2occc2c1. The third-order valence-corrected chi connectivity index (χ3v) is 4.12. The van der Waals surface area contributed by atoms with Crippen molar-refractivity contribution in [3.05, 3.63) is 35.0 Å². The number of esters is 2. The molecule has 24 heavy (non-hydrogen) atoms. The lowest BCUT2D eigenvalue weighted by Gasteiger charge is -2.12. The van der Waals surface area contributed by atoms with Crippen LogP contribution in [-0.2, 0) is 19.1 Å². The molecule has 0 aliphatic heterocycles. The van der Waals surface area contributed by atoms with Crippen molar-refractivity contribution in [3.63, 3.8) is 0 Å². The Kier molecular flexibility index (Phi) is 4.32. The monoisotopic (exact) mass is 350 g/mol. The fourth-order valence-corrected chi connectivity index (χ4v) is 2.92. The molecule has 0 radical (unpaired) electrons. The van der Waals surface area contributed by atoms with Gasteiger partial charge < -0.3 is 13.9 Å². The maximum atomic E-state index is 12.5. The quantitative estimate of drug-likeness (QED) is 0.467. The van der Waals surface area contributed by atoms with Gasteiger partial charge >= 0.3 is 11.9 Å². The van der Waals surface area contributed by atoms with E-state index in [1.54, 1.807) is 12.1 Å². The van der Waals surface area contributed by atoms with E-state index < -0.39 is 30.1 Å². The molecule has 0 bridgehead atoms. The van der Waals surface area contributed by atoms with Gasteiger partial charge in [-0.2, -0.15) is 0 Å². The molecule has 1 fully saturated rings. The van der Waals surface area contributed by atoms with Crippen molar-refractivity contribution in [1.29, 1.82) is 0 Å². The molecule has 1 heterocycles. The Hall–Kier alpha value is -2.34. The maximum Gasteiger partial charge on any atom is 0.312 e. The van der Waals surface area contributed by atoms with Gasteiger partial charge in [-0.25, -0.2) is 0 Å². The van der Waals surface area contributed by atoms with E-state index in [0.29, 0.717) is 22.6 Å². The summed E-state index contributed by atoms with van der Waals surface area (Å²) in [5.74, 6) is -2.21. The zero-order valence-corrected chi connectivity index (χ0v) is 13.8. The van der Waals surface area contributed by atoms with Crippen molar-refractivity contribution in [1.82, 2.24) is 0 Å². The lowest BCUT2D eigenvalue weighted by molar-refractivity contribution is -0.184. The van der Waals surface area contributed by atoms with Gasteiger partial charge in [-0.3, -0.25) is 14.4 Å². The third kappa shape index (κ3) is 3.28. The highest BCUT2D eigenvalue weighted by Crippen LogP contribution is 2.43. The first kappa shape index (κ1) is 16.5. The first-order chi connectivity index (χ1) is 11.4. The highest BCUT2D eigenvalue weighted by atomic mass is 35.5. The van der Waals surface area contributed by atoms with Gasteiger partial charge in [0.15, 0.2) is 11.4 Å². The van der Waals surface area contributed by atoms with Gasteiger partial charge in [0, 0.05) is 30.7 Å². The molecule has 1 aromatic heterocycles. The molecule has 2 aromatic rings. The lowest BCUT2D eigenvalue weighted by Crippen LogP contribution is -2.22. The topological polar surface area (TPSA) is 82.8 Å². The minimum absolute atomic E-state index is 0.165. The van der Waals surface area contributed by atoms with Crippen molar-refractivity contribution in [2.45, 2.75) is 26.6 Å². The summed E-state index contributed by atoms with van der Waals surface area (Å²) in [5, 5.41) is 1.08. The van der Waals surface area contributed by atoms with Crippen LogP contribution in [0.5, 0.6) is 0 Å². The third-order valence-electron chi connectivity index (χ3n) is 3.83. The summed E-state index contributed by atoms with van der Waals surface area (Å²) >= 11 is 6.10. The maximum absolute atomic E-state index is 12.5. The molecule has 1 unspecified atom stereocenters. The molecule has 3 atom stereocenters. The summed E-state index contributed by atoms with van der Waals surface area (Å²) in [5.41, 5.74) is 0.956. The van der Waals surface area contributed by atoms with Crippen molar-refractivity contribution >= 4 is 40.3 Å². The smallest absolute Gasteiger partial charge is 0.312 e. The summed E-state index contributed by atoms with van der Waals surface area (Å²) < 4.78 is 15.0. The number of rotatable bonds is 5. The predicted octanol–water partition coefficient (Wildman–Crippen LogP) is 3.36. The molecule has 1 aromatic carbocycles. The molecule has 1 saturated carbocycles. The minimum Gasteiger partial charge on any atom is -0.463 e. The number of Topliss-reactive ketones (excluding diaryl/α,β-unsaturated/α-hetero) is 1. The molecule has 0 saturated heterocycles. The number of furan rings is 1. The molecule has 0 amide bonds. The van der Waals surface area contributed by atoms with Gasteiger partial charge in [-0.15, -0.1) is 0 Å². The van der Waals surface area contributed by atoms with Crippen LogP contribution in [0.25, 0.3) is 11.0 Å². The molecular weight excluding hydrogens is 336 g/mol. The second-order valence-corrected chi connectivity index (χ2v) is 6.13. The molecular formula is C17H15ClO6. The zero-order chi connectivity index (χ0) is 17.4. The van der Waals surface area contributed by atoms with Crippen LogP contribution in [0.1, 0.15) is 30.6 Å². The summed E-state index contributed by atoms with van der Waals surface area (Å²) in [6.45, 7) is 2.68. The zero-order valence-electron chi connectivity index (χ0n) is 13.1. The van der Waals surface area contributed by atoms with Gasteiger partial charge in [0.2, 0.25) is 6.29 Å². The average molecular weight is 351 g/mol. The second-order valence-electron chi connectivity index (χ2n) is 5.72. The number of hydrogen-bond donors (Lipinski definition) is 0. The van der Waals surface area contributed by atoms with Crippen LogP contribution in [0, 0.1) is 11.8 Å². The van der Waals surface area contributed by atoms with Gasteiger partial charge in [0.05, 0.1) is 17.2 Å². The fraction of sp³-hybridized carbons (Fsp3) is 0.353. The number of fused-ring (bicyclic) bond motifs is 1. The molecule has 6 nitrogen and oxygen atoms in total. The van der Waals surface area contributed by atoms with Gasteiger partial charge in [-0.1, -0.05) is 11.6 Å². The van der Waals surface area contributed by atoms with Crippen LogP contribution in [0.15, 0.2) is 28.9 Å². The number of carbonyl (C=O) groups excluding carboxylic acids is 3. The van der Waals surface area contributed by atoms with Crippen molar-refractivity contribution in [2.24, 2.45) is 11.8 Å². The Morgan fingerprint density at radius 2 is 2.00 bits per heavy atom. The van der Waals surface area contributed by atoms with E-state index in [1.165, 1.54) is 26.2 Å². The van der Waals surface area contributed by atoms with E-state index in [9.17, 15) is 14.4 Å². The average Bonchev–Trinajstić information content (AvgIpc) is 3.15. The van der Waals surface area contributed by atoms with Crippen molar-refractivity contribution < 1.29 is 28.3 Å². The normalized spacial score (nSPS) is 20.5. The number of hydrogen-bond acceptors (Lipinski definition) is 6. The molecule has 1 aliphatic rings. The second kappa shape index (κ2) is 6.28. The molecule has 1 aliphatic carbocycles. The van der Waals surface area contributed by atoms with Crippen LogP contribution in [0.2, 0.25) is 5.02 Å². The summed E-state index contributed by atoms with van der Waals surface area (Å²) in [7, 11) is 0. The first-order valence-electron chi connectivity index (χ1n) is 7.45. The van der Waals surface area contributed by atoms with E-state index >= 15 is 0 Å². The summed E-state index contributed by atoms with van der Waals surface area (Å²) in [6, 6.07) is 4.95. The number of carbonyl (C=O) groups is 3. The molecule has 126 valence electrons. The number of benzene rings is 1. The van der Waals surface area contributed by atoms with E-state index in [-0.39, 0.29) is 5.78 Å². The fourth-order valence-electron chi connectivity index (χ4n) is 2.65. The Labute approximate surface area is 142 Å². The highest BCUT2D eigenvalue weighted by Gasteiger charge is 2.49. The molecule has 0 N–H and O–H groups in total. The standard InChI is InChI=1S/C17H15ClO6/c1-8(19)23-9(2)24-17(21)13-7-12(13)15(20)11-5-10-3-4-22-16(10)14(18)6-11/h3-6,9,12-13H,7H2,1-2H3/t9?,12-,13-/m0/s1. The minimum atomic E-state index is -0.969. The molecule has 7 heteroatoms. The van der Waals surface area contributed by atoms with Gasteiger partial charge in [0.25, 0.3) is 0 Å². The molecule has 3 rings (SSSR count). The first-order valence-corrected chi connectivity index (χ1v) is 7.83.